The van der Waals surface area contributed by atoms with Gasteiger partial charge >= 0.3 is 0 Å². The lowest BCUT2D eigenvalue weighted by Gasteiger charge is -2.37. The summed E-state index contributed by atoms with van der Waals surface area (Å²) < 4.78 is 0. The second-order valence-electron chi connectivity index (χ2n) is 5.37. The van der Waals surface area contributed by atoms with Crippen molar-refractivity contribution in [3.05, 3.63) is 40.9 Å². The summed E-state index contributed by atoms with van der Waals surface area (Å²) in [6.45, 7) is 8.69. The summed E-state index contributed by atoms with van der Waals surface area (Å²) in [7, 11) is 0. The third-order valence-corrected chi connectivity index (χ3v) is 4.18. The highest BCUT2D eigenvalue weighted by Gasteiger charge is 2.24. The average molecular weight is 327 g/mol. The van der Waals surface area contributed by atoms with Crippen LogP contribution in [0.4, 0.5) is 5.69 Å². The Morgan fingerprint density at radius 2 is 1.81 bits per heavy atom. The molecule has 0 aromatic heterocycles. The number of piperazine rings is 1. The molecule has 0 aliphatic carbocycles. The minimum Gasteiger partial charge on any atom is -0.368 e. The van der Waals surface area contributed by atoms with E-state index in [1.807, 2.05) is 24.0 Å². The topological polar surface area (TPSA) is 23.6 Å². The van der Waals surface area contributed by atoms with E-state index in [4.69, 9.17) is 23.2 Å². The zero-order valence-electron chi connectivity index (χ0n) is 12.2. The van der Waals surface area contributed by atoms with Crippen LogP contribution in [0, 0.1) is 5.92 Å². The van der Waals surface area contributed by atoms with E-state index in [2.05, 4.69) is 11.5 Å². The van der Waals surface area contributed by atoms with Gasteiger partial charge in [0.1, 0.15) is 0 Å². The number of amides is 1. The molecule has 1 atom stereocenters. The number of nitrogens with zero attached hydrogens (tertiary/aromatic N) is 2. The molecule has 1 heterocycles. The first-order valence-electron chi connectivity index (χ1n) is 7.12. The third-order valence-electron chi connectivity index (χ3n) is 3.75. The van der Waals surface area contributed by atoms with E-state index in [0.29, 0.717) is 10.0 Å². The van der Waals surface area contributed by atoms with Crippen molar-refractivity contribution in [2.45, 2.75) is 13.3 Å². The molecule has 0 N–H and O–H groups in total. The van der Waals surface area contributed by atoms with Gasteiger partial charge in [0.2, 0.25) is 5.91 Å². The van der Waals surface area contributed by atoms with Crippen LogP contribution >= 0.6 is 23.2 Å². The van der Waals surface area contributed by atoms with E-state index in [9.17, 15) is 4.79 Å². The molecule has 1 aromatic carbocycles. The Labute approximate surface area is 136 Å². The zero-order chi connectivity index (χ0) is 15.4. The highest BCUT2D eigenvalue weighted by atomic mass is 35.5. The van der Waals surface area contributed by atoms with Gasteiger partial charge < -0.3 is 9.80 Å². The van der Waals surface area contributed by atoms with Gasteiger partial charge in [0.15, 0.2) is 0 Å². The molecule has 1 fully saturated rings. The fraction of sp³-hybridized carbons (Fsp3) is 0.438. The van der Waals surface area contributed by atoms with Gasteiger partial charge in [-0.05, 0) is 24.6 Å². The molecule has 0 bridgehead atoms. The molecule has 21 heavy (non-hydrogen) atoms. The predicted octanol–water partition coefficient (Wildman–Crippen LogP) is 3.85. The molecular formula is C16H20Cl2N2O. The van der Waals surface area contributed by atoms with E-state index in [-0.39, 0.29) is 11.8 Å². The molecule has 0 spiro atoms. The molecule has 0 saturated carbocycles. The van der Waals surface area contributed by atoms with Gasteiger partial charge in [-0.25, -0.2) is 0 Å². The highest BCUT2D eigenvalue weighted by Crippen LogP contribution is 2.26. The smallest absolute Gasteiger partial charge is 0.225 e. The van der Waals surface area contributed by atoms with Crippen molar-refractivity contribution in [2.24, 2.45) is 5.92 Å². The van der Waals surface area contributed by atoms with Crippen molar-refractivity contribution in [2.75, 3.05) is 31.1 Å². The first-order chi connectivity index (χ1) is 10.0. The first-order valence-corrected chi connectivity index (χ1v) is 7.87. The molecule has 3 nitrogen and oxygen atoms in total. The normalized spacial score (nSPS) is 16.7. The maximum atomic E-state index is 12.3. The lowest BCUT2D eigenvalue weighted by molar-refractivity contribution is -0.135. The van der Waals surface area contributed by atoms with Crippen molar-refractivity contribution in [3.8, 4) is 0 Å². The summed E-state index contributed by atoms with van der Waals surface area (Å²) in [6.07, 6.45) is 2.52. The number of rotatable bonds is 4. The van der Waals surface area contributed by atoms with Crippen LogP contribution in [0.15, 0.2) is 30.9 Å². The number of hydrogen-bond acceptors (Lipinski definition) is 2. The number of benzene rings is 1. The van der Waals surface area contributed by atoms with Crippen LogP contribution in [0.5, 0.6) is 0 Å². The largest absolute Gasteiger partial charge is 0.368 e. The van der Waals surface area contributed by atoms with Gasteiger partial charge in [0.05, 0.1) is 0 Å². The summed E-state index contributed by atoms with van der Waals surface area (Å²) in [5.74, 6) is 0.216. The molecule has 1 amide bonds. The molecule has 5 heteroatoms. The van der Waals surface area contributed by atoms with Crippen LogP contribution < -0.4 is 4.90 Å². The molecule has 1 aliphatic rings. The number of hydrogen-bond donors (Lipinski definition) is 0. The number of allylic oxidation sites excluding steroid dienone is 1. The summed E-state index contributed by atoms with van der Waals surface area (Å²) in [6, 6.07) is 5.54. The molecule has 2 rings (SSSR count). The quantitative estimate of drug-likeness (QED) is 0.784. The van der Waals surface area contributed by atoms with E-state index in [1.54, 1.807) is 12.1 Å². The second-order valence-corrected chi connectivity index (χ2v) is 6.24. The Bertz CT molecular complexity index is 505. The number of carbonyl (C=O) groups excluding carboxylic acids is 1. The maximum Gasteiger partial charge on any atom is 0.225 e. The number of anilines is 1. The van der Waals surface area contributed by atoms with Crippen LogP contribution in [0.25, 0.3) is 0 Å². The van der Waals surface area contributed by atoms with Gasteiger partial charge in [-0.1, -0.05) is 36.2 Å². The van der Waals surface area contributed by atoms with E-state index in [0.717, 1.165) is 38.3 Å². The molecule has 1 aromatic rings. The Morgan fingerprint density at radius 1 is 1.24 bits per heavy atom. The van der Waals surface area contributed by atoms with Gasteiger partial charge in [0, 0.05) is 47.8 Å². The van der Waals surface area contributed by atoms with Crippen molar-refractivity contribution in [1.29, 1.82) is 0 Å². The van der Waals surface area contributed by atoms with E-state index in [1.165, 1.54) is 0 Å². The standard InChI is InChI=1S/C16H20Cl2N2O/c1-3-4-12(2)16(21)20-7-5-19(6-8-20)15-10-13(17)9-14(18)11-15/h3,9-12H,1,4-8H2,2H3. The lowest BCUT2D eigenvalue weighted by atomic mass is 10.1. The zero-order valence-corrected chi connectivity index (χ0v) is 13.7. The minimum absolute atomic E-state index is 0.00895. The average Bonchev–Trinajstić information content (AvgIpc) is 2.46. The van der Waals surface area contributed by atoms with Crippen molar-refractivity contribution >= 4 is 34.8 Å². The van der Waals surface area contributed by atoms with Gasteiger partial charge in [-0.15, -0.1) is 6.58 Å². The summed E-state index contributed by atoms with van der Waals surface area (Å²) in [5.41, 5.74) is 1.01. The van der Waals surface area contributed by atoms with Crippen LogP contribution in [-0.4, -0.2) is 37.0 Å². The van der Waals surface area contributed by atoms with Crippen molar-refractivity contribution in [3.63, 3.8) is 0 Å². The monoisotopic (exact) mass is 326 g/mol. The SMILES string of the molecule is C=CCC(C)C(=O)N1CCN(c2cc(Cl)cc(Cl)c2)CC1. The maximum absolute atomic E-state index is 12.3. The summed E-state index contributed by atoms with van der Waals surface area (Å²) in [5, 5.41) is 1.27. The van der Waals surface area contributed by atoms with Crippen molar-refractivity contribution in [1.82, 2.24) is 4.90 Å². The Kier molecular flexibility index (Phi) is 5.54. The Morgan fingerprint density at radius 3 is 2.33 bits per heavy atom. The molecule has 114 valence electrons. The van der Waals surface area contributed by atoms with Crippen LogP contribution in [-0.2, 0) is 4.79 Å². The van der Waals surface area contributed by atoms with Gasteiger partial charge in [0.25, 0.3) is 0 Å². The lowest BCUT2D eigenvalue weighted by Crippen LogP contribution is -2.50. The molecule has 1 unspecified atom stereocenters. The van der Waals surface area contributed by atoms with Crippen LogP contribution in [0.1, 0.15) is 13.3 Å². The van der Waals surface area contributed by atoms with Crippen LogP contribution in [0.2, 0.25) is 10.0 Å². The van der Waals surface area contributed by atoms with Crippen LogP contribution in [0.3, 0.4) is 0 Å². The molecule has 0 radical (unpaired) electrons. The first kappa shape index (κ1) is 16.2. The fourth-order valence-corrected chi connectivity index (χ4v) is 3.08. The van der Waals surface area contributed by atoms with Gasteiger partial charge in [-0.3, -0.25) is 4.79 Å². The molecular weight excluding hydrogens is 307 g/mol. The van der Waals surface area contributed by atoms with E-state index >= 15 is 0 Å². The Hall–Kier alpha value is -1.19. The minimum atomic E-state index is 0.00895. The Balaban J connectivity index is 1.96. The molecule has 1 saturated heterocycles. The number of halogens is 2. The highest BCUT2D eigenvalue weighted by molar-refractivity contribution is 6.35. The summed E-state index contributed by atoms with van der Waals surface area (Å²) in [4.78, 5) is 16.4. The predicted molar refractivity (Wildman–Crippen MR) is 89.2 cm³/mol. The third kappa shape index (κ3) is 4.14. The fourth-order valence-electron chi connectivity index (χ4n) is 2.57. The van der Waals surface area contributed by atoms with Gasteiger partial charge in [-0.2, -0.15) is 0 Å². The number of carbonyl (C=O) groups is 1. The second kappa shape index (κ2) is 7.19. The van der Waals surface area contributed by atoms with E-state index < -0.39 is 0 Å². The summed E-state index contributed by atoms with van der Waals surface area (Å²) >= 11 is 12.1. The van der Waals surface area contributed by atoms with Crippen molar-refractivity contribution < 1.29 is 4.79 Å². The molecule has 1 aliphatic heterocycles.